The Bertz CT molecular complexity index is 498. The van der Waals surface area contributed by atoms with E-state index in [0.717, 1.165) is 6.07 Å². The fourth-order valence-corrected chi connectivity index (χ4v) is 1.83. The number of ether oxygens (including phenoxy) is 1. The molecule has 0 fully saturated rings. The molecule has 0 saturated heterocycles. The Hall–Kier alpha value is -1.61. The third-order valence-corrected chi connectivity index (χ3v) is 2.65. The minimum atomic E-state index is -2.77. The van der Waals surface area contributed by atoms with Crippen molar-refractivity contribution in [1.82, 2.24) is 0 Å². The summed E-state index contributed by atoms with van der Waals surface area (Å²) < 4.78 is 30.4. The van der Waals surface area contributed by atoms with Crippen LogP contribution in [-0.2, 0) is 16.0 Å². The third kappa shape index (κ3) is 3.44. The normalized spacial score (nSPS) is 10.2. The molecule has 6 heteroatoms. The van der Waals surface area contributed by atoms with Crippen LogP contribution in [0.2, 0.25) is 0 Å². The van der Waals surface area contributed by atoms with Crippen LogP contribution in [0.5, 0.6) is 0 Å². The lowest BCUT2D eigenvalue weighted by Crippen LogP contribution is -2.10. The third-order valence-electron chi connectivity index (χ3n) is 2.25. The summed E-state index contributed by atoms with van der Waals surface area (Å²) in [5.41, 5.74) is -0.166. The SMILES string of the molecule is CCOC(=O)Cc1c(S)cc(C#N)cc1C(F)F. The highest BCUT2D eigenvalue weighted by atomic mass is 32.1. The van der Waals surface area contributed by atoms with Gasteiger partial charge in [0.2, 0.25) is 0 Å². The van der Waals surface area contributed by atoms with Gasteiger partial charge in [-0.2, -0.15) is 5.26 Å². The van der Waals surface area contributed by atoms with Crippen molar-refractivity contribution in [2.75, 3.05) is 6.61 Å². The number of thiol groups is 1. The van der Waals surface area contributed by atoms with E-state index >= 15 is 0 Å². The number of hydrogen-bond acceptors (Lipinski definition) is 4. The van der Waals surface area contributed by atoms with Gasteiger partial charge in [0, 0.05) is 10.5 Å². The number of nitrogens with zero attached hydrogens (tertiary/aromatic N) is 1. The van der Waals surface area contributed by atoms with Crippen LogP contribution in [0.3, 0.4) is 0 Å². The molecule has 0 heterocycles. The number of carbonyl (C=O) groups excluding carboxylic acids is 1. The fourth-order valence-electron chi connectivity index (χ4n) is 1.49. The van der Waals surface area contributed by atoms with Crippen LogP contribution >= 0.6 is 12.6 Å². The number of carbonyl (C=O) groups is 1. The van der Waals surface area contributed by atoms with Crippen molar-refractivity contribution < 1.29 is 18.3 Å². The monoisotopic (exact) mass is 271 g/mol. The van der Waals surface area contributed by atoms with Gasteiger partial charge in [-0.25, -0.2) is 8.78 Å². The van der Waals surface area contributed by atoms with Gasteiger partial charge >= 0.3 is 5.97 Å². The summed E-state index contributed by atoms with van der Waals surface area (Å²) in [6, 6.07) is 4.19. The minimum absolute atomic E-state index is 0.0860. The van der Waals surface area contributed by atoms with Gasteiger partial charge in [0.25, 0.3) is 6.43 Å². The molecule has 1 aromatic carbocycles. The Morgan fingerprint density at radius 3 is 2.72 bits per heavy atom. The summed E-state index contributed by atoms with van der Waals surface area (Å²) in [7, 11) is 0. The van der Waals surface area contributed by atoms with Gasteiger partial charge in [-0.05, 0) is 24.6 Å². The summed E-state index contributed by atoms with van der Waals surface area (Å²) in [4.78, 5) is 11.5. The van der Waals surface area contributed by atoms with Gasteiger partial charge in [-0.1, -0.05) is 0 Å². The van der Waals surface area contributed by atoms with E-state index in [0.29, 0.717) is 0 Å². The quantitative estimate of drug-likeness (QED) is 0.676. The molecule has 0 N–H and O–H groups in total. The molecule has 96 valence electrons. The zero-order valence-corrected chi connectivity index (χ0v) is 10.5. The highest BCUT2D eigenvalue weighted by Crippen LogP contribution is 2.29. The molecule has 18 heavy (non-hydrogen) atoms. The average Bonchev–Trinajstić information content (AvgIpc) is 2.31. The molecule has 0 aliphatic heterocycles. The Labute approximate surface area is 109 Å². The Morgan fingerprint density at radius 2 is 2.22 bits per heavy atom. The lowest BCUT2D eigenvalue weighted by Gasteiger charge is -2.11. The maximum Gasteiger partial charge on any atom is 0.310 e. The molecule has 0 unspecified atom stereocenters. The number of esters is 1. The van der Waals surface area contributed by atoms with E-state index in [2.05, 4.69) is 12.6 Å². The highest BCUT2D eigenvalue weighted by molar-refractivity contribution is 7.80. The van der Waals surface area contributed by atoms with E-state index in [4.69, 9.17) is 10.00 Å². The lowest BCUT2D eigenvalue weighted by atomic mass is 10.0. The van der Waals surface area contributed by atoms with Crippen molar-refractivity contribution in [3.8, 4) is 6.07 Å². The summed E-state index contributed by atoms with van der Waals surface area (Å²) >= 11 is 4.04. The van der Waals surface area contributed by atoms with Crippen LogP contribution in [0.25, 0.3) is 0 Å². The van der Waals surface area contributed by atoms with Gasteiger partial charge in [-0.3, -0.25) is 4.79 Å². The molecule has 0 aromatic heterocycles. The molecule has 1 aromatic rings. The molecule has 0 saturated carbocycles. The van der Waals surface area contributed by atoms with E-state index < -0.39 is 12.4 Å². The van der Waals surface area contributed by atoms with Crippen molar-refractivity contribution in [2.24, 2.45) is 0 Å². The van der Waals surface area contributed by atoms with Gasteiger partial charge in [0.15, 0.2) is 0 Å². The maximum atomic E-state index is 12.9. The van der Waals surface area contributed by atoms with Crippen LogP contribution < -0.4 is 0 Å². The topological polar surface area (TPSA) is 50.1 Å². The zero-order valence-electron chi connectivity index (χ0n) is 9.61. The van der Waals surface area contributed by atoms with E-state index in [-0.39, 0.29) is 34.6 Å². The first kappa shape index (κ1) is 14.5. The predicted molar refractivity (Wildman–Crippen MR) is 63.7 cm³/mol. The summed E-state index contributed by atoms with van der Waals surface area (Å²) in [5.74, 6) is -0.598. The van der Waals surface area contributed by atoms with E-state index in [1.807, 2.05) is 0 Å². The molecule has 0 bridgehead atoms. The van der Waals surface area contributed by atoms with E-state index in [1.54, 1.807) is 13.0 Å². The van der Waals surface area contributed by atoms with Crippen LogP contribution in [0.15, 0.2) is 17.0 Å². The molecule has 0 spiro atoms. The summed E-state index contributed by atoms with van der Waals surface area (Å²) in [6.45, 7) is 1.81. The van der Waals surface area contributed by atoms with Crippen LogP contribution in [0.1, 0.15) is 30.0 Å². The number of halogens is 2. The van der Waals surface area contributed by atoms with Crippen molar-refractivity contribution in [1.29, 1.82) is 5.26 Å². The van der Waals surface area contributed by atoms with Gasteiger partial charge in [0.1, 0.15) is 0 Å². The molecule has 1 rings (SSSR count). The van der Waals surface area contributed by atoms with E-state index in [9.17, 15) is 13.6 Å². The van der Waals surface area contributed by atoms with Crippen LogP contribution in [0.4, 0.5) is 8.78 Å². The van der Waals surface area contributed by atoms with E-state index in [1.165, 1.54) is 6.07 Å². The summed E-state index contributed by atoms with van der Waals surface area (Å²) in [5, 5.41) is 8.70. The number of hydrogen-bond donors (Lipinski definition) is 1. The van der Waals surface area contributed by atoms with Gasteiger partial charge < -0.3 is 4.74 Å². The second-order valence-electron chi connectivity index (χ2n) is 3.46. The smallest absolute Gasteiger partial charge is 0.310 e. The first-order valence-corrected chi connectivity index (χ1v) is 5.64. The molecule has 0 aliphatic carbocycles. The average molecular weight is 271 g/mol. The second-order valence-corrected chi connectivity index (χ2v) is 3.94. The maximum absolute atomic E-state index is 12.9. The molecule has 0 atom stereocenters. The minimum Gasteiger partial charge on any atom is -0.466 e. The molecule has 0 aliphatic rings. The number of alkyl halides is 2. The number of nitriles is 1. The second kappa shape index (κ2) is 6.36. The van der Waals surface area contributed by atoms with Crippen molar-refractivity contribution in [2.45, 2.75) is 24.7 Å². The molecule has 0 amide bonds. The predicted octanol–water partition coefficient (Wildman–Crippen LogP) is 2.89. The zero-order chi connectivity index (χ0) is 13.7. The van der Waals surface area contributed by atoms with Crippen molar-refractivity contribution >= 4 is 18.6 Å². The van der Waals surface area contributed by atoms with Crippen LogP contribution in [0, 0.1) is 11.3 Å². The molecular formula is C12H11F2NO2S. The number of benzene rings is 1. The first-order valence-electron chi connectivity index (χ1n) is 5.19. The summed E-state index contributed by atoms with van der Waals surface area (Å²) in [6.07, 6.45) is -3.05. The highest BCUT2D eigenvalue weighted by Gasteiger charge is 2.19. The Kier molecular flexibility index (Phi) is 5.10. The van der Waals surface area contributed by atoms with Crippen LogP contribution in [-0.4, -0.2) is 12.6 Å². The van der Waals surface area contributed by atoms with Gasteiger partial charge in [-0.15, -0.1) is 12.6 Å². The Morgan fingerprint density at radius 1 is 1.56 bits per heavy atom. The fraction of sp³-hybridized carbons (Fsp3) is 0.333. The lowest BCUT2D eigenvalue weighted by molar-refractivity contribution is -0.142. The molecular weight excluding hydrogens is 260 g/mol. The van der Waals surface area contributed by atoms with Gasteiger partial charge in [0.05, 0.1) is 24.7 Å². The standard InChI is InChI=1S/C12H11F2NO2S/c1-2-17-11(16)5-8-9(12(13)14)3-7(6-15)4-10(8)18/h3-4,12,18H,2,5H2,1H3. The largest absolute Gasteiger partial charge is 0.466 e. The van der Waals surface area contributed by atoms with Crippen molar-refractivity contribution in [3.05, 3.63) is 28.8 Å². The first-order chi connectivity index (χ1) is 8.49. The number of rotatable bonds is 4. The Balaban J connectivity index is 3.17. The van der Waals surface area contributed by atoms with Crippen molar-refractivity contribution in [3.63, 3.8) is 0 Å². The molecule has 0 radical (unpaired) electrons. The molecule has 3 nitrogen and oxygen atoms in total.